The third kappa shape index (κ3) is 2.68. The van der Waals surface area contributed by atoms with E-state index in [1.165, 1.54) is 0 Å². The van der Waals surface area contributed by atoms with Crippen molar-refractivity contribution in [3.63, 3.8) is 0 Å². The molecule has 1 amide bonds. The summed E-state index contributed by atoms with van der Waals surface area (Å²) in [5, 5.41) is 14.0. The summed E-state index contributed by atoms with van der Waals surface area (Å²) in [6.45, 7) is 3.47. The van der Waals surface area contributed by atoms with Crippen LogP contribution in [0.3, 0.4) is 0 Å². The standard InChI is InChI=1S/C19H21N3O4/c1-13-8-20-22(9-13)16-4-2-14(3-5-16)17(23)21-10-15-11-26-7-6-19(15,12-21)18(24)25/h2-5,8-9,15H,6-7,10-12H2,1H3,(H,24,25)/t15-,19+/m0/s1. The zero-order chi connectivity index (χ0) is 18.3. The summed E-state index contributed by atoms with van der Waals surface area (Å²) >= 11 is 0. The van der Waals surface area contributed by atoms with E-state index in [0.717, 1.165) is 11.3 Å². The third-order valence-electron chi connectivity index (χ3n) is 5.51. The number of aliphatic carboxylic acids is 1. The Balaban J connectivity index is 1.54. The highest BCUT2D eigenvalue weighted by Crippen LogP contribution is 2.42. The second-order valence-corrected chi connectivity index (χ2v) is 7.18. The van der Waals surface area contributed by atoms with Crippen molar-refractivity contribution in [3.05, 3.63) is 47.8 Å². The first-order chi connectivity index (χ1) is 12.5. The zero-order valence-electron chi connectivity index (χ0n) is 14.6. The number of benzene rings is 1. The van der Waals surface area contributed by atoms with Crippen LogP contribution in [0.2, 0.25) is 0 Å². The summed E-state index contributed by atoms with van der Waals surface area (Å²) in [7, 11) is 0. The summed E-state index contributed by atoms with van der Waals surface area (Å²) in [5.41, 5.74) is 1.62. The van der Waals surface area contributed by atoms with Crippen molar-refractivity contribution in [3.8, 4) is 5.69 Å². The molecule has 3 heterocycles. The van der Waals surface area contributed by atoms with Gasteiger partial charge in [-0.1, -0.05) is 0 Å². The summed E-state index contributed by atoms with van der Waals surface area (Å²) < 4.78 is 7.20. The highest BCUT2D eigenvalue weighted by Gasteiger charge is 2.54. The molecule has 2 saturated heterocycles. The van der Waals surface area contributed by atoms with E-state index >= 15 is 0 Å². The number of carbonyl (C=O) groups is 2. The van der Waals surface area contributed by atoms with E-state index < -0.39 is 11.4 Å². The Morgan fingerprint density at radius 2 is 2.08 bits per heavy atom. The fraction of sp³-hybridized carbons (Fsp3) is 0.421. The van der Waals surface area contributed by atoms with Crippen LogP contribution in [-0.2, 0) is 9.53 Å². The van der Waals surface area contributed by atoms with E-state index in [1.54, 1.807) is 27.9 Å². The van der Waals surface area contributed by atoms with Crippen LogP contribution >= 0.6 is 0 Å². The lowest BCUT2D eigenvalue weighted by atomic mass is 9.74. The molecular formula is C19H21N3O4. The van der Waals surface area contributed by atoms with Crippen LogP contribution in [0.1, 0.15) is 22.3 Å². The van der Waals surface area contributed by atoms with Crippen molar-refractivity contribution < 1.29 is 19.4 Å². The Hall–Kier alpha value is -2.67. The predicted molar refractivity (Wildman–Crippen MR) is 93.2 cm³/mol. The lowest BCUT2D eigenvalue weighted by Crippen LogP contribution is -2.45. The Morgan fingerprint density at radius 3 is 2.69 bits per heavy atom. The highest BCUT2D eigenvalue weighted by atomic mass is 16.5. The van der Waals surface area contributed by atoms with E-state index in [1.807, 2.05) is 25.3 Å². The monoisotopic (exact) mass is 355 g/mol. The number of carbonyl (C=O) groups excluding carboxylic acids is 1. The Morgan fingerprint density at radius 1 is 1.31 bits per heavy atom. The van der Waals surface area contributed by atoms with Gasteiger partial charge in [0.1, 0.15) is 0 Å². The van der Waals surface area contributed by atoms with Gasteiger partial charge in [0.15, 0.2) is 0 Å². The molecule has 7 nitrogen and oxygen atoms in total. The molecule has 2 atom stereocenters. The topological polar surface area (TPSA) is 84.7 Å². The van der Waals surface area contributed by atoms with Crippen molar-refractivity contribution in [2.24, 2.45) is 11.3 Å². The van der Waals surface area contributed by atoms with E-state index in [-0.39, 0.29) is 18.4 Å². The molecule has 1 N–H and O–H groups in total. The minimum Gasteiger partial charge on any atom is -0.481 e. The van der Waals surface area contributed by atoms with Crippen LogP contribution in [0.15, 0.2) is 36.7 Å². The van der Waals surface area contributed by atoms with Crippen LogP contribution in [-0.4, -0.2) is 58.0 Å². The minimum absolute atomic E-state index is 0.136. The Kier molecular flexibility index (Phi) is 4.03. The molecule has 1 aromatic carbocycles. The average molecular weight is 355 g/mol. The number of ether oxygens (including phenoxy) is 1. The third-order valence-corrected chi connectivity index (χ3v) is 5.51. The largest absolute Gasteiger partial charge is 0.481 e. The number of likely N-dealkylation sites (tertiary alicyclic amines) is 1. The van der Waals surface area contributed by atoms with Gasteiger partial charge >= 0.3 is 5.97 Å². The van der Waals surface area contributed by atoms with Gasteiger partial charge in [0.2, 0.25) is 0 Å². The van der Waals surface area contributed by atoms with Gasteiger partial charge in [-0.15, -0.1) is 0 Å². The van der Waals surface area contributed by atoms with Crippen LogP contribution < -0.4 is 0 Å². The molecule has 136 valence electrons. The van der Waals surface area contributed by atoms with Gasteiger partial charge in [0.25, 0.3) is 5.91 Å². The second kappa shape index (κ2) is 6.25. The summed E-state index contributed by atoms with van der Waals surface area (Å²) in [4.78, 5) is 26.4. The summed E-state index contributed by atoms with van der Waals surface area (Å²) in [5.74, 6) is -1.11. The molecule has 0 saturated carbocycles. The molecule has 0 bridgehead atoms. The molecule has 2 aliphatic rings. The van der Waals surface area contributed by atoms with Gasteiger partial charge < -0.3 is 14.7 Å². The molecule has 1 aromatic heterocycles. The highest BCUT2D eigenvalue weighted by molar-refractivity contribution is 5.95. The van der Waals surface area contributed by atoms with Crippen molar-refractivity contribution >= 4 is 11.9 Å². The minimum atomic E-state index is -0.875. The number of carboxylic acids is 1. The molecule has 0 spiro atoms. The number of hydrogen-bond acceptors (Lipinski definition) is 4. The van der Waals surface area contributed by atoms with Gasteiger partial charge in [-0.3, -0.25) is 9.59 Å². The normalized spacial score (nSPS) is 25.1. The van der Waals surface area contributed by atoms with Crippen LogP contribution in [0.4, 0.5) is 0 Å². The number of carboxylic acid groups (broad SMARTS) is 1. The molecule has 2 aromatic rings. The van der Waals surface area contributed by atoms with Crippen LogP contribution in [0.25, 0.3) is 5.69 Å². The van der Waals surface area contributed by atoms with Crippen molar-refractivity contribution in [1.29, 1.82) is 0 Å². The molecule has 2 fully saturated rings. The van der Waals surface area contributed by atoms with E-state index in [9.17, 15) is 14.7 Å². The van der Waals surface area contributed by atoms with E-state index in [0.29, 0.717) is 31.7 Å². The van der Waals surface area contributed by atoms with Gasteiger partial charge in [-0.05, 0) is 43.2 Å². The SMILES string of the molecule is Cc1cnn(-c2ccc(C(=O)N3C[C@H]4COCC[C@@]4(C(=O)O)C3)cc2)c1. The second-order valence-electron chi connectivity index (χ2n) is 7.18. The smallest absolute Gasteiger partial charge is 0.311 e. The molecule has 7 heteroatoms. The number of amides is 1. The first-order valence-electron chi connectivity index (χ1n) is 8.72. The molecule has 0 radical (unpaired) electrons. The van der Waals surface area contributed by atoms with Gasteiger partial charge in [-0.2, -0.15) is 5.10 Å². The fourth-order valence-corrected chi connectivity index (χ4v) is 3.95. The van der Waals surface area contributed by atoms with Crippen molar-refractivity contribution in [2.75, 3.05) is 26.3 Å². The number of aromatic nitrogens is 2. The molecule has 26 heavy (non-hydrogen) atoms. The molecule has 2 aliphatic heterocycles. The lowest BCUT2D eigenvalue weighted by Gasteiger charge is -2.33. The quantitative estimate of drug-likeness (QED) is 0.907. The van der Waals surface area contributed by atoms with Gasteiger partial charge in [0, 0.05) is 37.4 Å². The number of rotatable bonds is 3. The first-order valence-corrected chi connectivity index (χ1v) is 8.72. The molecular weight excluding hydrogens is 334 g/mol. The molecule has 0 aliphatic carbocycles. The number of fused-ring (bicyclic) bond motifs is 1. The van der Waals surface area contributed by atoms with Crippen LogP contribution in [0.5, 0.6) is 0 Å². The Labute approximate surface area is 151 Å². The number of nitrogens with zero attached hydrogens (tertiary/aromatic N) is 3. The van der Waals surface area contributed by atoms with E-state index in [2.05, 4.69) is 5.10 Å². The first kappa shape index (κ1) is 16.8. The maximum absolute atomic E-state index is 12.9. The van der Waals surface area contributed by atoms with Crippen molar-refractivity contribution in [2.45, 2.75) is 13.3 Å². The number of aryl methyl sites for hydroxylation is 1. The van der Waals surface area contributed by atoms with Crippen molar-refractivity contribution in [1.82, 2.24) is 14.7 Å². The van der Waals surface area contributed by atoms with Crippen LogP contribution in [0, 0.1) is 18.3 Å². The molecule has 4 rings (SSSR count). The average Bonchev–Trinajstić information content (AvgIpc) is 3.25. The summed E-state index contributed by atoms with van der Waals surface area (Å²) in [6, 6.07) is 7.22. The fourth-order valence-electron chi connectivity index (χ4n) is 3.95. The zero-order valence-corrected chi connectivity index (χ0v) is 14.6. The maximum Gasteiger partial charge on any atom is 0.311 e. The summed E-state index contributed by atoms with van der Waals surface area (Å²) in [6.07, 6.45) is 4.14. The Bertz CT molecular complexity index is 845. The van der Waals surface area contributed by atoms with E-state index in [4.69, 9.17) is 4.74 Å². The van der Waals surface area contributed by atoms with Gasteiger partial charge in [-0.25, -0.2) is 4.68 Å². The predicted octanol–water partition coefficient (Wildman–Crippen LogP) is 1.74. The maximum atomic E-state index is 12.9. The van der Waals surface area contributed by atoms with Gasteiger partial charge in [0.05, 0.1) is 23.9 Å². The lowest BCUT2D eigenvalue weighted by molar-refractivity contribution is -0.157. The number of hydrogen-bond donors (Lipinski definition) is 1. The molecule has 0 unspecified atom stereocenters.